The summed E-state index contributed by atoms with van der Waals surface area (Å²) in [4.78, 5) is 15.2. The third-order valence-corrected chi connectivity index (χ3v) is 3.02. The highest BCUT2D eigenvalue weighted by molar-refractivity contribution is 9.10. The Hall–Kier alpha value is -2.28. The first kappa shape index (κ1) is 15.1. The molecule has 0 amide bonds. The number of hydrogen-bond donors (Lipinski definition) is 1. The van der Waals surface area contributed by atoms with Crippen LogP contribution in [0.5, 0.6) is 23.1 Å². The Kier molecular flexibility index (Phi) is 4.64. The van der Waals surface area contributed by atoms with Gasteiger partial charge < -0.3 is 19.3 Å². The molecule has 0 aliphatic rings. The van der Waals surface area contributed by atoms with E-state index in [4.69, 9.17) is 14.2 Å². The fourth-order valence-electron chi connectivity index (χ4n) is 1.61. The molecule has 1 aromatic heterocycles. The summed E-state index contributed by atoms with van der Waals surface area (Å²) in [6, 6.07) is 6.32. The molecule has 7 heteroatoms. The number of nitrogens with zero attached hydrogens (tertiary/aromatic N) is 1. The van der Waals surface area contributed by atoms with Crippen LogP contribution in [0.15, 0.2) is 34.9 Å². The molecular formula is C14H12BrNO5. The van der Waals surface area contributed by atoms with Crippen LogP contribution in [0.3, 0.4) is 0 Å². The summed E-state index contributed by atoms with van der Waals surface area (Å²) in [5.74, 6) is 0.273. The van der Waals surface area contributed by atoms with Crippen LogP contribution < -0.4 is 14.2 Å². The SMILES string of the molecule is COc1cc(OC)cc(Oc2ncc(Br)cc2C(=O)O)c1. The molecule has 21 heavy (non-hydrogen) atoms. The van der Waals surface area contributed by atoms with Crippen molar-refractivity contribution in [2.75, 3.05) is 14.2 Å². The second-order valence-electron chi connectivity index (χ2n) is 3.96. The number of carbonyl (C=O) groups is 1. The van der Waals surface area contributed by atoms with Crippen molar-refractivity contribution in [1.29, 1.82) is 0 Å². The number of pyridine rings is 1. The van der Waals surface area contributed by atoms with E-state index in [0.29, 0.717) is 21.7 Å². The van der Waals surface area contributed by atoms with Crippen molar-refractivity contribution >= 4 is 21.9 Å². The predicted molar refractivity (Wildman–Crippen MR) is 78.5 cm³/mol. The smallest absolute Gasteiger partial charge is 0.341 e. The summed E-state index contributed by atoms with van der Waals surface area (Å²) in [6.07, 6.45) is 1.46. The van der Waals surface area contributed by atoms with Gasteiger partial charge in [-0.2, -0.15) is 0 Å². The van der Waals surface area contributed by atoms with Crippen molar-refractivity contribution in [1.82, 2.24) is 4.98 Å². The summed E-state index contributed by atoms with van der Waals surface area (Å²) < 4.78 is 16.3. The Labute approximate surface area is 129 Å². The number of halogens is 1. The third-order valence-electron chi connectivity index (χ3n) is 2.59. The van der Waals surface area contributed by atoms with Crippen LogP contribution in [0.1, 0.15) is 10.4 Å². The van der Waals surface area contributed by atoms with Gasteiger partial charge in [-0.3, -0.25) is 0 Å². The lowest BCUT2D eigenvalue weighted by Gasteiger charge is -2.11. The molecule has 0 saturated heterocycles. The lowest BCUT2D eigenvalue weighted by molar-refractivity contribution is 0.0693. The van der Waals surface area contributed by atoms with E-state index in [-0.39, 0.29) is 11.4 Å². The number of rotatable bonds is 5. The van der Waals surface area contributed by atoms with E-state index >= 15 is 0 Å². The molecule has 0 spiro atoms. The molecule has 110 valence electrons. The third kappa shape index (κ3) is 3.63. The molecule has 1 N–H and O–H groups in total. The largest absolute Gasteiger partial charge is 0.496 e. The molecule has 2 aromatic rings. The maximum absolute atomic E-state index is 11.2. The van der Waals surface area contributed by atoms with Gasteiger partial charge in [0.25, 0.3) is 0 Å². The molecule has 0 atom stereocenters. The van der Waals surface area contributed by atoms with E-state index in [2.05, 4.69) is 20.9 Å². The molecule has 2 rings (SSSR count). The van der Waals surface area contributed by atoms with Crippen molar-refractivity contribution in [3.8, 4) is 23.1 Å². The van der Waals surface area contributed by atoms with Gasteiger partial charge in [-0.15, -0.1) is 0 Å². The molecule has 0 radical (unpaired) electrons. The van der Waals surface area contributed by atoms with Crippen molar-refractivity contribution in [3.05, 3.63) is 40.5 Å². The monoisotopic (exact) mass is 353 g/mol. The highest BCUT2D eigenvalue weighted by Gasteiger charge is 2.15. The second kappa shape index (κ2) is 6.45. The number of carboxylic acids is 1. The molecule has 0 aliphatic heterocycles. The number of aromatic carboxylic acids is 1. The normalized spacial score (nSPS) is 10.0. The number of ether oxygens (including phenoxy) is 3. The van der Waals surface area contributed by atoms with Gasteiger partial charge >= 0.3 is 5.97 Å². The van der Waals surface area contributed by atoms with Crippen molar-refractivity contribution in [2.45, 2.75) is 0 Å². The highest BCUT2D eigenvalue weighted by Crippen LogP contribution is 2.32. The van der Waals surface area contributed by atoms with Crippen molar-refractivity contribution < 1.29 is 24.1 Å². The van der Waals surface area contributed by atoms with Crippen LogP contribution in [0.25, 0.3) is 0 Å². The lowest BCUT2D eigenvalue weighted by Crippen LogP contribution is -2.02. The molecule has 6 nitrogen and oxygen atoms in total. The topological polar surface area (TPSA) is 77.9 Å². The van der Waals surface area contributed by atoms with Gasteiger partial charge in [0.1, 0.15) is 22.8 Å². The summed E-state index contributed by atoms with van der Waals surface area (Å²) >= 11 is 3.17. The van der Waals surface area contributed by atoms with E-state index < -0.39 is 5.97 Å². The van der Waals surface area contributed by atoms with Gasteiger partial charge in [0.05, 0.1) is 14.2 Å². The number of carboxylic acid groups (broad SMARTS) is 1. The minimum absolute atomic E-state index is 0.0130. The fourth-order valence-corrected chi connectivity index (χ4v) is 1.94. The fraction of sp³-hybridized carbons (Fsp3) is 0.143. The lowest BCUT2D eigenvalue weighted by atomic mass is 10.2. The van der Waals surface area contributed by atoms with E-state index in [1.54, 1.807) is 18.2 Å². The van der Waals surface area contributed by atoms with E-state index in [1.165, 1.54) is 26.5 Å². The van der Waals surface area contributed by atoms with Gasteiger partial charge in [-0.05, 0) is 22.0 Å². The molecule has 0 saturated carbocycles. The minimum atomic E-state index is -1.13. The molecule has 1 aromatic carbocycles. The van der Waals surface area contributed by atoms with E-state index in [9.17, 15) is 9.90 Å². The zero-order chi connectivity index (χ0) is 15.4. The zero-order valence-corrected chi connectivity index (χ0v) is 12.9. The Morgan fingerprint density at radius 3 is 2.19 bits per heavy atom. The van der Waals surface area contributed by atoms with Crippen LogP contribution in [-0.2, 0) is 0 Å². The van der Waals surface area contributed by atoms with E-state index in [0.717, 1.165) is 0 Å². The van der Waals surface area contributed by atoms with Crippen molar-refractivity contribution in [2.24, 2.45) is 0 Å². The molecule has 0 fully saturated rings. The Morgan fingerprint density at radius 2 is 1.67 bits per heavy atom. The summed E-state index contributed by atoms with van der Waals surface area (Å²) in [5, 5.41) is 9.18. The number of aromatic nitrogens is 1. The maximum atomic E-state index is 11.2. The van der Waals surface area contributed by atoms with Crippen LogP contribution >= 0.6 is 15.9 Å². The molecule has 0 aliphatic carbocycles. The van der Waals surface area contributed by atoms with Gasteiger partial charge in [-0.1, -0.05) is 0 Å². The molecule has 0 bridgehead atoms. The first-order valence-corrected chi connectivity index (χ1v) is 6.62. The van der Waals surface area contributed by atoms with Gasteiger partial charge in [0.2, 0.25) is 5.88 Å². The van der Waals surface area contributed by atoms with Crippen LogP contribution in [-0.4, -0.2) is 30.3 Å². The van der Waals surface area contributed by atoms with Gasteiger partial charge in [0, 0.05) is 28.9 Å². The first-order valence-electron chi connectivity index (χ1n) is 5.83. The summed E-state index contributed by atoms with van der Waals surface area (Å²) in [5.41, 5.74) is -0.0499. The summed E-state index contributed by atoms with van der Waals surface area (Å²) in [6.45, 7) is 0. The highest BCUT2D eigenvalue weighted by atomic mass is 79.9. The Morgan fingerprint density at radius 1 is 1.10 bits per heavy atom. The van der Waals surface area contributed by atoms with Gasteiger partial charge in [0.15, 0.2) is 0 Å². The van der Waals surface area contributed by atoms with E-state index in [1.807, 2.05) is 0 Å². The molecule has 1 heterocycles. The maximum Gasteiger partial charge on any atom is 0.341 e. The average Bonchev–Trinajstić information content (AvgIpc) is 2.48. The number of hydrogen-bond acceptors (Lipinski definition) is 5. The second-order valence-corrected chi connectivity index (χ2v) is 4.88. The van der Waals surface area contributed by atoms with Gasteiger partial charge in [-0.25, -0.2) is 9.78 Å². The predicted octanol–water partition coefficient (Wildman–Crippen LogP) is 3.35. The summed E-state index contributed by atoms with van der Waals surface area (Å²) in [7, 11) is 3.03. The minimum Gasteiger partial charge on any atom is -0.496 e. The van der Waals surface area contributed by atoms with Crippen LogP contribution in [0.4, 0.5) is 0 Å². The molecular weight excluding hydrogens is 342 g/mol. The first-order chi connectivity index (χ1) is 10.0. The van der Waals surface area contributed by atoms with Crippen LogP contribution in [0.2, 0.25) is 0 Å². The Bertz CT molecular complexity index is 652. The molecule has 0 unspecified atom stereocenters. The quantitative estimate of drug-likeness (QED) is 0.887. The van der Waals surface area contributed by atoms with Crippen molar-refractivity contribution in [3.63, 3.8) is 0 Å². The average molecular weight is 354 g/mol. The van der Waals surface area contributed by atoms with Crippen LogP contribution in [0, 0.1) is 0 Å². The Balaban J connectivity index is 2.40. The number of methoxy groups -OCH3 is 2. The number of benzene rings is 1. The zero-order valence-electron chi connectivity index (χ0n) is 11.3. The standard InChI is InChI=1S/C14H12BrNO5/c1-19-9-4-10(20-2)6-11(5-9)21-13-12(14(17)18)3-8(15)7-16-13/h3-7H,1-2H3,(H,17,18).